The van der Waals surface area contributed by atoms with E-state index >= 15 is 0 Å². The molecule has 0 aliphatic carbocycles. The summed E-state index contributed by atoms with van der Waals surface area (Å²) in [7, 11) is 1.91. The maximum absolute atomic E-state index is 12.8. The van der Waals surface area contributed by atoms with E-state index in [1.807, 2.05) is 32.5 Å². The quantitative estimate of drug-likeness (QED) is 0.882. The molecular formula is C16H25N3O3S. The summed E-state index contributed by atoms with van der Waals surface area (Å²) in [5.41, 5.74) is 3.16. The van der Waals surface area contributed by atoms with E-state index in [9.17, 15) is 9.59 Å². The summed E-state index contributed by atoms with van der Waals surface area (Å²) in [5.74, 6) is 0.618. The predicted molar refractivity (Wildman–Crippen MR) is 90.6 cm³/mol. The molecule has 1 aliphatic rings. The smallest absolute Gasteiger partial charge is 0.305 e. The van der Waals surface area contributed by atoms with E-state index in [0.717, 1.165) is 22.7 Å². The van der Waals surface area contributed by atoms with Gasteiger partial charge in [0.2, 0.25) is 5.91 Å². The summed E-state index contributed by atoms with van der Waals surface area (Å²) in [6.45, 7) is 6.53. The highest BCUT2D eigenvalue weighted by Crippen LogP contribution is 2.24. The molecule has 2 atom stereocenters. The standard InChI is InChI=1S/C16H25N3O3S/c1-10(7-14-11(2)17-18(4)12(14)3)16(22)19-5-6-23-9-13(19)8-15(20)21/h10,13H,5-9H2,1-4H3,(H,20,21). The molecule has 23 heavy (non-hydrogen) atoms. The van der Waals surface area contributed by atoms with Crippen molar-refractivity contribution in [1.29, 1.82) is 0 Å². The van der Waals surface area contributed by atoms with E-state index in [2.05, 4.69) is 5.10 Å². The van der Waals surface area contributed by atoms with Gasteiger partial charge in [0.15, 0.2) is 0 Å². The molecule has 1 N–H and O–H groups in total. The van der Waals surface area contributed by atoms with Crippen LogP contribution in [0.4, 0.5) is 0 Å². The molecule has 6 nitrogen and oxygen atoms in total. The van der Waals surface area contributed by atoms with E-state index in [0.29, 0.717) is 18.7 Å². The molecule has 1 aliphatic heterocycles. The van der Waals surface area contributed by atoms with Gasteiger partial charge in [-0.15, -0.1) is 0 Å². The van der Waals surface area contributed by atoms with Crippen molar-refractivity contribution in [3.63, 3.8) is 0 Å². The molecule has 0 aromatic carbocycles. The normalized spacial score (nSPS) is 19.7. The summed E-state index contributed by atoms with van der Waals surface area (Å²) >= 11 is 1.72. The molecule has 128 valence electrons. The van der Waals surface area contributed by atoms with E-state index in [4.69, 9.17) is 5.11 Å². The van der Waals surface area contributed by atoms with Crippen LogP contribution in [0.15, 0.2) is 0 Å². The first-order valence-electron chi connectivity index (χ1n) is 7.90. The summed E-state index contributed by atoms with van der Waals surface area (Å²) in [6.07, 6.45) is 0.671. The van der Waals surface area contributed by atoms with Crippen molar-refractivity contribution >= 4 is 23.6 Å². The first-order valence-corrected chi connectivity index (χ1v) is 9.05. The van der Waals surface area contributed by atoms with Crippen LogP contribution in [-0.4, -0.2) is 55.8 Å². The number of carbonyl (C=O) groups excluding carboxylic acids is 1. The highest BCUT2D eigenvalue weighted by molar-refractivity contribution is 7.99. The highest BCUT2D eigenvalue weighted by atomic mass is 32.2. The van der Waals surface area contributed by atoms with Crippen LogP contribution in [-0.2, 0) is 23.1 Å². The zero-order chi connectivity index (χ0) is 17.1. The molecule has 2 heterocycles. The molecule has 1 amide bonds. The average Bonchev–Trinajstić information content (AvgIpc) is 2.73. The van der Waals surface area contributed by atoms with E-state index in [-0.39, 0.29) is 24.3 Å². The van der Waals surface area contributed by atoms with Gasteiger partial charge in [0, 0.05) is 36.7 Å². The number of hydrogen-bond acceptors (Lipinski definition) is 4. The van der Waals surface area contributed by atoms with Crippen LogP contribution < -0.4 is 0 Å². The minimum Gasteiger partial charge on any atom is -0.481 e. The van der Waals surface area contributed by atoms with Crippen LogP contribution in [0.2, 0.25) is 0 Å². The van der Waals surface area contributed by atoms with Gasteiger partial charge in [0.05, 0.1) is 18.2 Å². The lowest BCUT2D eigenvalue weighted by Gasteiger charge is -2.36. The fourth-order valence-corrected chi connectivity index (χ4v) is 4.17. The number of carboxylic acids is 1. The third kappa shape index (κ3) is 4.07. The molecule has 0 radical (unpaired) electrons. The Labute approximate surface area is 141 Å². The number of aromatic nitrogens is 2. The van der Waals surface area contributed by atoms with Gasteiger partial charge in [-0.2, -0.15) is 16.9 Å². The number of rotatable bonds is 5. The van der Waals surface area contributed by atoms with Gasteiger partial charge in [-0.05, 0) is 25.8 Å². The fourth-order valence-electron chi connectivity index (χ4n) is 3.11. The number of aliphatic carboxylic acids is 1. The number of hydrogen-bond donors (Lipinski definition) is 1. The van der Waals surface area contributed by atoms with Crippen LogP contribution in [0.1, 0.15) is 30.3 Å². The van der Waals surface area contributed by atoms with Crippen molar-refractivity contribution in [2.45, 2.75) is 39.7 Å². The van der Waals surface area contributed by atoms with Crippen molar-refractivity contribution in [2.75, 3.05) is 18.1 Å². The Balaban J connectivity index is 2.09. The Morgan fingerprint density at radius 3 is 2.70 bits per heavy atom. The molecule has 1 aromatic heterocycles. The van der Waals surface area contributed by atoms with Crippen LogP contribution in [0.3, 0.4) is 0 Å². The number of carbonyl (C=O) groups is 2. The Kier molecular flexibility index (Phi) is 5.73. The number of aryl methyl sites for hydroxylation is 2. The van der Waals surface area contributed by atoms with Crippen LogP contribution in [0.5, 0.6) is 0 Å². The number of carboxylic acid groups (broad SMARTS) is 1. The van der Waals surface area contributed by atoms with Crippen LogP contribution in [0.25, 0.3) is 0 Å². The third-order valence-electron chi connectivity index (χ3n) is 4.51. The minimum atomic E-state index is -0.845. The molecule has 7 heteroatoms. The van der Waals surface area contributed by atoms with Gasteiger partial charge < -0.3 is 10.0 Å². The van der Waals surface area contributed by atoms with E-state index in [1.54, 1.807) is 16.7 Å². The summed E-state index contributed by atoms with van der Waals surface area (Å²) < 4.78 is 1.84. The second kappa shape index (κ2) is 7.38. The van der Waals surface area contributed by atoms with Crippen molar-refractivity contribution in [3.05, 3.63) is 17.0 Å². The largest absolute Gasteiger partial charge is 0.481 e. The lowest BCUT2D eigenvalue weighted by atomic mass is 9.97. The first kappa shape index (κ1) is 17.8. The monoisotopic (exact) mass is 339 g/mol. The van der Waals surface area contributed by atoms with Gasteiger partial charge in [-0.1, -0.05) is 6.92 Å². The maximum atomic E-state index is 12.8. The number of thioether (sulfide) groups is 1. The van der Waals surface area contributed by atoms with Gasteiger partial charge in [-0.25, -0.2) is 0 Å². The third-order valence-corrected chi connectivity index (χ3v) is 5.60. The summed E-state index contributed by atoms with van der Waals surface area (Å²) in [4.78, 5) is 25.6. The summed E-state index contributed by atoms with van der Waals surface area (Å²) in [6, 6.07) is -0.197. The Morgan fingerprint density at radius 2 is 2.13 bits per heavy atom. The molecule has 2 unspecified atom stereocenters. The lowest BCUT2D eigenvalue weighted by Crippen LogP contribution is -2.49. The molecule has 0 spiro atoms. The van der Waals surface area contributed by atoms with Crippen molar-refractivity contribution in [1.82, 2.24) is 14.7 Å². The van der Waals surface area contributed by atoms with Crippen molar-refractivity contribution in [2.24, 2.45) is 13.0 Å². The van der Waals surface area contributed by atoms with Gasteiger partial charge in [-0.3, -0.25) is 14.3 Å². The molecule has 1 fully saturated rings. The molecule has 1 aromatic rings. The number of nitrogens with zero attached hydrogens (tertiary/aromatic N) is 3. The lowest BCUT2D eigenvalue weighted by molar-refractivity contribution is -0.141. The molecule has 2 rings (SSSR count). The summed E-state index contributed by atoms with van der Waals surface area (Å²) in [5, 5.41) is 13.5. The van der Waals surface area contributed by atoms with Crippen molar-refractivity contribution in [3.8, 4) is 0 Å². The van der Waals surface area contributed by atoms with Crippen molar-refractivity contribution < 1.29 is 14.7 Å². The van der Waals surface area contributed by atoms with Gasteiger partial charge in [0.1, 0.15) is 0 Å². The molecule has 0 bridgehead atoms. The predicted octanol–water partition coefficient (Wildman–Crippen LogP) is 1.63. The topological polar surface area (TPSA) is 75.4 Å². The Hall–Kier alpha value is -1.50. The number of amides is 1. The van der Waals surface area contributed by atoms with E-state index < -0.39 is 5.97 Å². The second-order valence-corrected chi connectivity index (χ2v) is 7.39. The second-order valence-electron chi connectivity index (χ2n) is 6.24. The highest BCUT2D eigenvalue weighted by Gasteiger charge is 2.31. The zero-order valence-corrected chi connectivity index (χ0v) is 15.0. The van der Waals surface area contributed by atoms with Gasteiger partial charge in [0.25, 0.3) is 0 Å². The minimum absolute atomic E-state index is 0.0242. The van der Waals surface area contributed by atoms with Crippen LogP contribution in [0, 0.1) is 19.8 Å². The first-order chi connectivity index (χ1) is 10.8. The average molecular weight is 339 g/mol. The zero-order valence-electron chi connectivity index (χ0n) is 14.2. The van der Waals surface area contributed by atoms with Gasteiger partial charge >= 0.3 is 5.97 Å². The van der Waals surface area contributed by atoms with E-state index in [1.165, 1.54) is 0 Å². The molecule has 1 saturated heterocycles. The Morgan fingerprint density at radius 1 is 1.43 bits per heavy atom. The molecule has 0 saturated carbocycles. The Bertz CT molecular complexity index is 600. The molecular weight excluding hydrogens is 314 g/mol. The SMILES string of the molecule is Cc1nn(C)c(C)c1CC(C)C(=O)N1CCSCC1CC(=O)O. The van der Waals surface area contributed by atoms with Crippen LogP contribution >= 0.6 is 11.8 Å². The maximum Gasteiger partial charge on any atom is 0.305 e. The fraction of sp³-hybridized carbons (Fsp3) is 0.688.